The van der Waals surface area contributed by atoms with Crippen molar-refractivity contribution in [1.82, 2.24) is 4.57 Å². The summed E-state index contributed by atoms with van der Waals surface area (Å²) in [5.41, 5.74) is -4.56. The molecule has 4 aromatic rings. The van der Waals surface area contributed by atoms with Gasteiger partial charge in [-0.15, -0.1) is 0 Å². The van der Waals surface area contributed by atoms with Crippen LogP contribution in [0, 0.1) is 5.82 Å². The molecule has 0 spiro atoms. The third-order valence-electron chi connectivity index (χ3n) is 5.78. The molecule has 0 fully saturated rings. The molecule has 0 radical (unpaired) electrons. The van der Waals surface area contributed by atoms with Crippen molar-refractivity contribution in [1.29, 1.82) is 0 Å². The van der Waals surface area contributed by atoms with Crippen LogP contribution in [0.3, 0.4) is 0 Å². The highest BCUT2D eigenvalue weighted by atomic mass is 19.1. The Kier molecular flexibility index (Phi) is 4.93. The zero-order valence-corrected chi connectivity index (χ0v) is 21.9. The standard InChI is InChI=1S/C33H35FN2O5/c1-21(2)31-30(33(41)35-25-11-7-4-8-12-25)29(22-9-5-3-6-10-22)32(23-13-15-24(34)16-14-23)36(31)18-17-26(37)19-27(38)20-28(39)40/h3-16,21,26-27,37-38H,17-20H2,1-2H3,(H,35,41)(H,39,40)/t26-,27-/m0/s1/i3D,4D,5D,6D,7D,8D,9D,10D,11D,12D,13D,14D,15D,16D,26D,27D. The van der Waals surface area contributed by atoms with E-state index in [0.29, 0.717) is 0 Å². The maximum Gasteiger partial charge on any atom is 0.305 e. The van der Waals surface area contributed by atoms with E-state index in [1.54, 1.807) is 0 Å². The zero-order chi connectivity index (χ0) is 43.5. The minimum Gasteiger partial charge on any atom is -0.481 e. The fourth-order valence-corrected chi connectivity index (χ4v) is 4.28. The van der Waals surface area contributed by atoms with Gasteiger partial charge in [-0.25, -0.2) is 4.39 Å². The Labute approximate surface area is 261 Å². The number of rotatable bonds is 12. The third kappa shape index (κ3) is 7.28. The second kappa shape index (κ2) is 13.4. The first-order chi connectivity index (χ1) is 26.1. The minimum atomic E-state index is -2.89. The van der Waals surface area contributed by atoms with Gasteiger partial charge in [0.15, 0.2) is 0 Å². The molecule has 0 aliphatic heterocycles. The summed E-state index contributed by atoms with van der Waals surface area (Å²) in [6, 6.07) is -13.6. The highest BCUT2D eigenvalue weighted by molar-refractivity contribution is 6.12. The Morgan fingerprint density at radius 2 is 1.54 bits per heavy atom. The van der Waals surface area contributed by atoms with Crippen molar-refractivity contribution in [2.45, 2.75) is 57.7 Å². The number of anilines is 1. The van der Waals surface area contributed by atoms with E-state index in [-0.39, 0.29) is 5.69 Å². The number of carboxylic acid groups (broad SMARTS) is 1. The van der Waals surface area contributed by atoms with Gasteiger partial charge < -0.3 is 25.2 Å². The molecule has 0 aliphatic rings. The quantitative estimate of drug-likeness (QED) is 0.158. The molecule has 8 heteroatoms. The van der Waals surface area contributed by atoms with Gasteiger partial charge in [-0.2, -0.15) is 0 Å². The normalized spacial score (nSPS) is 19.8. The van der Waals surface area contributed by atoms with Gasteiger partial charge in [-0.3, -0.25) is 9.59 Å². The van der Waals surface area contributed by atoms with Crippen molar-refractivity contribution in [3.8, 4) is 22.4 Å². The van der Waals surface area contributed by atoms with Gasteiger partial charge in [0.25, 0.3) is 5.91 Å². The number of amides is 1. The molecule has 214 valence electrons. The summed E-state index contributed by atoms with van der Waals surface area (Å²) in [7, 11) is 0. The van der Waals surface area contributed by atoms with Crippen molar-refractivity contribution >= 4 is 17.6 Å². The largest absolute Gasteiger partial charge is 0.481 e. The van der Waals surface area contributed by atoms with Gasteiger partial charge in [0.05, 0.1) is 51.8 Å². The number of halogens is 1. The molecule has 0 bridgehead atoms. The maximum atomic E-state index is 15.0. The second-order valence-corrected chi connectivity index (χ2v) is 9.06. The molecule has 4 N–H and O–H groups in total. The van der Waals surface area contributed by atoms with Crippen LogP contribution in [0.4, 0.5) is 10.1 Å². The number of nitrogens with zero attached hydrogens (tertiary/aromatic N) is 1. The molecule has 2 atom stereocenters. The Morgan fingerprint density at radius 3 is 2.12 bits per heavy atom. The SMILES string of the molecule is [2H]c1c([2H])c([2H])c(NC(=O)c2c(-c3c([2H])c([2H])c([2H])c([2H])c3[2H])c(-c3c([2H])c([2H])c(F)c([2H])c3[2H])n(CC[C@]([2H])(O)C[C@]([2H])(O)CC(=O)O)c2C(C)C)c([2H])c1[2H]. The number of carbonyl (C=O) groups is 2. The first-order valence-corrected chi connectivity index (χ1v) is 12.2. The number of aromatic nitrogens is 1. The lowest BCUT2D eigenvalue weighted by Crippen LogP contribution is -2.22. The van der Waals surface area contributed by atoms with E-state index in [2.05, 4.69) is 5.32 Å². The highest BCUT2D eigenvalue weighted by Crippen LogP contribution is 2.42. The summed E-state index contributed by atoms with van der Waals surface area (Å²) in [4.78, 5) is 26.0. The smallest absolute Gasteiger partial charge is 0.305 e. The van der Waals surface area contributed by atoms with Gasteiger partial charge in [0.1, 0.15) is 5.82 Å². The number of hydrogen-bond acceptors (Lipinski definition) is 4. The van der Waals surface area contributed by atoms with Gasteiger partial charge in [0, 0.05) is 23.5 Å². The first-order valence-electron chi connectivity index (χ1n) is 20.2. The Morgan fingerprint density at radius 1 is 0.927 bits per heavy atom. The van der Waals surface area contributed by atoms with E-state index in [4.69, 9.17) is 27.0 Å². The molecule has 1 amide bonds. The molecular weight excluding hydrogens is 523 g/mol. The van der Waals surface area contributed by atoms with E-state index in [9.17, 15) is 19.8 Å². The Balaban J connectivity index is 2.28. The predicted octanol–water partition coefficient (Wildman–Crippen LogP) is 6.31. The molecule has 7 nitrogen and oxygen atoms in total. The van der Waals surface area contributed by atoms with Crippen LogP contribution in [-0.4, -0.2) is 43.9 Å². The third-order valence-corrected chi connectivity index (χ3v) is 5.78. The molecule has 0 aliphatic carbocycles. The van der Waals surface area contributed by atoms with E-state index >= 15 is 4.39 Å². The van der Waals surface area contributed by atoms with Crippen LogP contribution in [0.15, 0.2) is 84.6 Å². The van der Waals surface area contributed by atoms with E-state index in [1.165, 1.54) is 13.8 Å². The lowest BCUT2D eigenvalue weighted by atomic mass is 9.94. The topological polar surface area (TPSA) is 112 Å². The number of aliphatic hydroxyl groups is 2. The summed E-state index contributed by atoms with van der Waals surface area (Å²) >= 11 is 0. The van der Waals surface area contributed by atoms with Crippen LogP contribution in [-0.2, 0) is 11.3 Å². The molecule has 41 heavy (non-hydrogen) atoms. The number of nitrogens with one attached hydrogen (secondary N) is 1. The number of carbonyl (C=O) groups excluding carboxylic acids is 1. The summed E-state index contributed by atoms with van der Waals surface area (Å²) in [5, 5.41) is 32.8. The number of carboxylic acids is 1. The van der Waals surface area contributed by atoms with Crippen LogP contribution in [0.1, 0.15) is 77.0 Å². The summed E-state index contributed by atoms with van der Waals surface area (Å²) < 4.78 is 150. The molecule has 0 saturated carbocycles. The van der Waals surface area contributed by atoms with Gasteiger partial charge in [-0.1, -0.05) is 62.2 Å². The van der Waals surface area contributed by atoms with E-state index in [0.717, 1.165) is 4.57 Å². The number of aliphatic carboxylic acids is 1. The number of benzene rings is 3. The van der Waals surface area contributed by atoms with E-state index < -0.39 is 180 Å². The molecule has 1 aromatic heterocycles. The Bertz CT molecular complexity index is 2260. The van der Waals surface area contributed by atoms with Crippen molar-refractivity contribution < 1.29 is 51.2 Å². The van der Waals surface area contributed by atoms with Crippen molar-refractivity contribution in [3.63, 3.8) is 0 Å². The van der Waals surface area contributed by atoms with Gasteiger partial charge in [0.2, 0.25) is 0 Å². The van der Waals surface area contributed by atoms with Crippen LogP contribution >= 0.6 is 0 Å². The van der Waals surface area contributed by atoms with Crippen LogP contribution < -0.4 is 5.32 Å². The van der Waals surface area contributed by atoms with Crippen LogP contribution in [0.5, 0.6) is 0 Å². The maximum absolute atomic E-state index is 15.0. The predicted molar refractivity (Wildman–Crippen MR) is 157 cm³/mol. The lowest BCUT2D eigenvalue weighted by Gasteiger charge is -2.20. The van der Waals surface area contributed by atoms with Crippen LogP contribution in [0.25, 0.3) is 22.4 Å². The van der Waals surface area contributed by atoms with Crippen LogP contribution in [0.2, 0.25) is 0 Å². The average molecular weight is 575 g/mol. The summed E-state index contributed by atoms with van der Waals surface area (Å²) in [6.45, 7) is 2.19. The molecule has 4 rings (SSSR count). The van der Waals surface area contributed by atoms with Crippen molar-refractivity contribution in [3.05, 3.63) is 102 Å². The molecular formula is C33H35FN2O5. The van der Waals surface area contributed by atoms with E-state index in [1.807, 2.05) is 0 Å². The molecule has 0 saturated heterocycles. The monoisotopic (exact) mass is 574 g/mol. The molecule has 3 aromatic carbocycles. The summed E-state index contributed by atoms with van der Waals surface area (Å²) in [6.07, 6.45) is -9.03. The van der Waals surface area contributed by atoms with Crippen molar-refractivity contribution in [2.24, 2.45) is 0 Å². The van der Waals surface area contributed by atoms with Crippen molar-refractivity contribution in [2.75, 3.05) is 5.32 Å². The molecule has 1 heterocycles. The second-order valence-electron chi connectivity index (χ2n) is 9.06. The molecule has 0 unspecified atom stereocenters. The van der Waals surface area contributed by atoms with Gasteiger partial charge in [-0.05, 0) is 66.1 Å². The first kappa shape index (κ1) is 15.1. The Hall–Kier alpha value is -4.27. The number of hydrogen-bond donors (Lipinski definition) is 4. The lowest BCUT2D eigenvalue weighted by molar-refractivity contribution is -0.139. The van der Waals surface area contributed by atoms with Gasteiger partial charge >= 0.3 is 5.97 Å². The minimum absolute atomic E-state index is 0.236. The fourth-order valence-electron chi connectivity index (χ4n) is 4.28. The zero-order valence-electron chi connectivity index (χ0n) is 37.9. The summed E-state index contributed by atoms with van der Waals surface area (Å²) in [5.74, 6) is -5.54. The highest BCUT2D eigenvalue weighted by Gasteiger charge is 2.31. The fraction of sp³-hybridized carbons (Fsp3) is 0.273. The number of para-hydroxylation sites is 1. The average Bonchev–Trinajstić information content (AvgIpc) is 3.44.